The molecule has 2 aromatic heterocycles. The Labute approximate surface area is 188 Å². The number of aromatic nitrogens is 2. The number of rotatable bonds is 5. The molecule has 32 heavy (non-hydrogen) atoms. The largest absolute Gasteiger partial charge is 0.348 e. The third-order valence-corrected chi connectivity index (χ3v) is 6.26. The molecular formula is C26H28N4O2. The molecule has 0 unspecified atom stereocenters. The summed E-state index contributed by atoms with van der Waals surface area (Å²) in [6.45, 7) is 1.11. The van der Waals surface area contributed by atoms with E-state index < -0.39 is 5.41 Å². The average Bonchev–Trinajstić information content (AvgIpc) is 2.85. The van der Waals surface area contributed by atoms with Crippen LogP contribution in [-0.2, 0) is 11.2 Å². The Balaban J connectivity index is 1.55. The second kappa shape index (κ2) is 9.30. The lowest BCUT2D eigenvalue weighted by Gasteiger charge is -2.42. The number of piperidine rings is 1. The van der Waals surface area contributed by atoms with E-state index in [-0.39, 0.29) is 11.8 Å². The number of nitrogens with zero attached hydrogens (tertiary/aromatic N) is 4. The number of carbonyl (C=O) groups is 2. The van der Waals surface area contributed by atoms with E-state index in [1.165, 1.54) is 0 Å². The fourth-order valence-electron chi connectivity index (χ4n) is 4.55. The van der Waals surface area contributed by atoms with E-state index in [0.717, 1.165) is 16.7 Å². The zero-order chi connectivity index (χ0) is 22.6. The Hall–Kier alpha value is -3.54. The maximum absolute atomic E-state index is 13.3. The van der Waals surface area contributed by atoms with Crippen molar-refractivity contribution in [1.29, 1.82) is 0 Å². The first kappa shape index (κ1) is 21.7. The number of carbonyl (C=O) groups excluding carboxylic acids is 2. The molecule has 3 aromatic rings. The number of hydrogen-bond acceptors (Lipinski definition) is 4. The van der Waals surface area contributed by atoms with Crippen LogP contribution in [0.25, 0.3) is 11.1 Å². The van der Waals surface area contributed by atoms with Crippen molar-refractivity contribution in [1.82, 2.24) is 19.8 Å². The van der Waals surface area contributed by atoms with Crippen molar-refractivity contribution in [3.63, 3.8) is 0 Å². The molecule has 3 heterocycles. The summed E-state index contributed by atoms with van der Waals surface area (Å²) in [5.74, 6) is 0.101. The Bertz CT molecular complexity index is 1080. The quantitative estimate of drug-likeness (QED) is 0.622. The molecular weight excluding hydrogens is 400 g/mol. The highest BCUT2D eigenvalue weighted by atomic mass is 16.2. The van der Waals surface area contributed by atoms with Gasteiger partial charge in [0.05, 0.1) is 11.0 Å². The maximum atomic E-state index is 13.3. The predicted octanol–water partition coefficient (Wildman–Crippen LogP) is 3.70. The Morgan fingerprint density at radius 2 is 1.69 bits per heavy atom. The summed E-state index contributed by atoms with van der Waals surface area (Å²) in [7, 11) is 3.62. The van der Waals surface area contributed by atoms with Crippen molar-refractivity contribution in [3.05, 3.63) is 84.4 Å². The van der Waals surface area contributed by atoms with Crippen LogP contribution < -0.4 is 0 Å². The Morgan fingerprint density at radius 1 is 0.938 bits per heavy atom. The molecule has 0 aliphatic carbocycles. The monoisotopic (exact) mass is 428 g/mol. The summed E-state index contributed by atoms with van der Waals surface area (Å²) in [6.07, 6.45) is 8.75. The second-order valence-corrected chi connectivity index (χ2v) is 8.63. The third kappa shape index (κ3) is 4.54. The van der Waals surface area contributed by atoms with Crippen molar-refractivity contribution in [2.45, 2.75) is 19.3 Å². The molecule has 0 radical (unpaired) electrons. The predicted molar refractivity (Wildman–Crippen MR) is 124 cm³/mol. The van der Waals surface area contributed by atoms with Crippen LogP contribution in [0, 0.1) is 5.41 Å². The van der Waals surface area contributed by atoms with Crippen molar-refractivity contribution < 1.29 is 9.59 Å². The molecule has 0 spiro atoms. The van der Waals surface area contributed by atoms with Gasteiger partial charge in [0.25, 0.3) is 5.91 Å². The minimum atomic E-state index is -0.522. The minimum Gasteiger partial charge on any atom is -0.348 e. The molecule has 1 aliphatic heterocycles. The standard InChI is InChI=1S/C26H28N4O2/c1-29(2)25(32)26(10-15-30(16-11-26)24(31)23-7-4-12-28-19-23)18-20-5-3-6-22(17-20)21-8-13-27-14-9-21/h3-9,12-14,17,19H,10-11,15-16,18H2,1-2H3. The highest BCUT2D eigenvalue weighted by Gasteiger charge is 2.43. The van der Waals surface area contributed by atoms with E-state index in [0.29, 0.717) is 37.9 Å². The van der Waals surface area contributed by atoms with Gasteiger partial charge in [-0.15, -0.1) is 0 Å². The molecule has 164 valence electrons. The number of benzene rings is 1. The van der Waals surface area contributed by atoms with Crippen molar-refractivity contribution >= 4 is 11.8 Å². The molecule has 1 aliphatic rings. The first-order valence-electron chi connectivity index (χ1n) is 10.9. The van der Waals surface area contributed by atoms with Gasteiger partial charge in [0.1, 0.15) is 0 Å². The molecule has 6 heteroatoms. The Kier molecular flexibility index (Phi) is 6.30. The van der Waals surface area contributed by atoms with Gasteiger partial charge in [0.15, 0.2) is 0 Å². The molecule has 6 nitrogen and oxygen atoms in total. The lowest BCUT2D eigenvalue weighted by Crippen LogP contribution is -2.51. The van der Waals surface area contributed by atoms with Crippen molar-refractivity contribution in [2.24, 2.45) is 5.41 Å². The van der Waals surface area contributed by atoms with Gasteiger partial charge in [-0.2, -0.15) is 0 Å². The van der Waals surface area contributed by atoms with Crippen LogP contribution >= 0.6 is 0 Å². The lowest BCUT2D eigenvalue weighted by atomic mass is 9.72. The first-order chi connectivity index (χ1) is 15.5. The summed E-state index contributed by atoms with van der Waals surface area (Å²) in [5, 5.41) is 0. The van der Waals surface area contributed by atoms with Crippen LogP contribution in [-0.4, -0.2) is 58.8 Å². The summed E-state index contributed by atoms with van der Waals surface area (Å²) < 4.78 is 0. The highest BCUT2D eigenvalue weighted by Crippen LogP contribution is 2.38. The van der Waals surface area contributed by atoms with Gasteiger partial charge < -0.3 is 9.80 Å². The Morgan fingerprint density at radius 3 is 2.34 bits per heavy atom. The van der Waals surface area contributed by atoms with Gasteiger partial charge in [-0.3, -0.25) is 19.6 Å². The topological polar surface area (TPSA) is 66.4 Å². The summed E-state index contributed by atoms with van der Waals surface area (Å²) >= 11 is 0. The molecule has 0 N–H and O–H groups in total. The van der Waals surface area contributed by atoms with Gasteiger partial charge in [-0.05, 0) is 60.2 Å². The molecule has 1 saturated heterocycles. The van der Waals surface area contributed by atoms with Gasteiger partial charge >= 0.3 is 0 Å². The smallest absolute Gasteiger partial charge is 0.255 e. The van der Waals surface area contributed by atoms with Crippen LogP contribution in [0.4, 0.5) is 0 Å². The fourth-order valence-corrected chi connectivity index (χ4v) is 4.55. The fraction of sp³-hybridized carbons (Fsp3) is 0.308. The summed E-state index contributed by atoms with van der Waals surface area (Å²) in [4.78, 5) is 37.9. The minimum absolute atomic E-state index is 0.0244. The number of amides is 2. The molecule has 1 aromatic carbocycles. The summed E-state index contributed by atoms with van der Waals surface area (Å²) in [6, 6.07) is 15.9. The SMILES string of the molecule is CN(C)C(=O)C1(Cc2cccc(-c3ccncc3)c2)CCN(C(=O)c2cccnc2)CC1. The third-order valence-electron chi connectivity index (χ3n) is 6.26. The lowest BCUT2D eigenvalue weighted by molar-refractivity contribution is -0.142. The zero-order valence-electron chi connectivity index (χ0n) is 18.6. The van der Waals surface area contributed by atoms with Crippen LogP contribution in [0.1, 0.15) is 28.8 Å². The van der Waals surface area contributed by atoms with Crippen LogP contribution in [0.2, 0.25) is 0 Å². The maximum Gasteiger partial charge on any atom is 0.255 e. The number of hydrogen-bond donors (Lipinski definition) is 0. The average molecular weight is 429 g/mol. The van der Waals surface area contributed by atoms with E-state index in [4.69, 9.17) is 0 Å². The van der Waals surface area contributed by atoms with Gasteiger partial charge in [0.2, 0.25) is 5.91 Å². The van der Waals surface area contributed by atoms with E-state index >= 15 is 0 Å². The van der Waals surface area contributed by atoms with Gasteiger partial charge in [-0.25, -0.2) is 0 Å². The normalized spacial score (nSPS) is 15.2. The molecule has 1 fully saturated rings. The van der Waals surface area contributed by atoms with Crippen LogP contribution in [0.3, 0.4) is 0 Å². The van der Waals surface area contributed by atoms with Crippen LogP contribution in [0.5, 0.6) is 0 Å². The number of pyridine rings is 2. The molecule has 4 rings (SSSR count). The van der Waals surface area contributed by atoms with Crippen molar-refractivity contribution in [2.75, 3.05) is 27.2 Å². The van der Waals surface area contributed by atoms with Crippen LogP contribution in [0.15, 0.2) is 73.3 Å². The first-order valence-corrected chi connectivity index (χ1v) is 10.9. The van der Waals surface area contributed by atoms with Gasteiger partial charge in [0, 0.05) is 52.0 Å². The molecule has 0 atom stereocenters. The van der Waals surface area contributed by atoms with Crippen molar-refractivity contribution in [3.8, 4) is 11.1 Å². The zero-order valence-corrected chi connectivity index (χ0v) is 18.6. The number of likely N-dealkylation sites (tertiary alicyclic amines) is 1. The summed E-state index contributed by atoms with van der Waals surface area (Å²) in [5.41, 5.74) is 3.41. The molecule has 0 saturated carbocycles. The second-order valence-electron chi connectivity index (χ2n) is 8.63. The van der Waals surface area contributed by atoms with E-state index in [2.05, 4.69) is 28.2 Å². The molecule has 2 amide bonds. The van der Waals surface area contributed by atoms with Gasteiger partial charge in [-0.1, -0.05) is 24.3 Å². The van der Waals surface area contributed by atoms with E-state index in [1.807, 2.05) is 37.2 Å². The van der Waals surface area contributed by atoms with E-state index in [9.17, 15) is 9.59 Å². The van der Waals surface area contributed by atoms with E-state index in [1.54, 1.807) is 41.8 Å². The highest BCUT2D eigenvalue weighted by molar-refractivity contribution is 5.94. The molecule has 0 bridgehead atoms.